The first-order chi connectivity index (χ1) is 9.83. The predicted molar refractivity (Wildman–Crippen MR) is 74.3 cm³/mol. The molecule has 106 valence electrons. The van der Waals surface area contributed by atoms with Gasteiger partial charge in [-0.25, -0.2) is 0 Å². The Balaban J connectivity index is 1.53. The van der Waals surface area contributed by atoms with Gasteiger partial charge >= 0.3 is 0 Å². The molecule has 1 amide bonds. The van der Waals surface area contributed by atoms with Crippen LogP contribution in [0.5, 0.6) is 11.5 Å². The molecule has 0 radical (unpaired) electrons. The molecule has 1 aromatic rings. The SMILES string of the molecule is O=C(NCCc1c2c(cc3c1OCC3)OCC2)C1CC1. The number of rotatable bonds is 4. The van der Waals surface area contributed by atoms with Crippen LogP contribution < -0.4 is 14.8 Å². The van der Waals surface area contributed by atoms with Crippen molar-refractivity contribution in [2.24, 2.45) is 5.92 Å². The molecule has 1 fully saturated rings. The summed E-state index contributed by atoms with van der Waals surface area (Å²) in [5.74, 6) is 2.57. The summed E-state index contributed by atoms with van der Waals surface area (Å²) in [6.45, 7) is 2.22. The van der Waals surface area contributed by atoms with E-state index in [1.54, 1.807) is 0 Å². The minimum absolute atomic E-state index is 0.214. The summed E-state index contributed by atoms with van der Waals surface area (Å²) < 4.78 is 11.5. The lowest BCUT2D eigenvalue weighted by molar-refractivity contribution is -0.122. The van der Waals surface area contributed by atoms with Crippen molar-refractivity contribution in [2.45, 2.75) is 32.1 Å². The van der Waals surface area contributed by atoms with Crippen molar-refractivity contribution in [1.29, 1.82) is 0 Å². The topological polar surface area (TPSA) is 47.6 Å². The van der Waals surface area contributed by atoms with Gasteiger partial charge in [0.1, 0.15) is 11.5 Å². The van der Waals surface area contributed by atoms with E-state index in [0.29, 0.717) is 6.54 Å². The molecule has 4 nitrogen and oxygen atoms in total. The van der Waals surface area contributed by atoms with Gasteiger partial charge in [-0.15, -0.1) is 0 Å². The molecule has 1 N–H and O–H groups in total. The summed E-state index contributed by atoms with van der Waals surface area (Å²) in [4.78, 5) is 11.7. The van der Waals surface area contributed by atoms with Crippen LogP contribution >= 0.6 is 0 Å². The molecule has 0 spiro atoms. The van der Waals surface area contributed by atoms with Gasteiger partial charge in [0.15, 0.2) is 0 Å². The number of hydrogen-bond donors (Lipinski definition) is 1. The lowest BCUT2D eigenvalue weighted by atomic mass is 9.97. The third-order valence-electron chi connectivity index (χ3n) is 4.38. The van der Waals surface area contributed by atoms with E-state index < -0.39 is 0 Å². The van der Waals surface area contributed by atoms with Crippen LogP contribution in [-0.2, 0) is 24.1 Å². The van der Waals surface area contributed by atoms with E-state index in [0.717, 1.165) is 56.8 Å². The number of nitrogens with one attached hydrogen (secondary N) is 1. The molecule has 0 saturated heterocycles. The monoisotopic (exact) mass is 273 g/mol. The second kappa shape index (κ2) is 4.69. The standard InChI is InChI=1S/C16H19NO3/c18-16(10-1-2-10)17-6-3-13-12-5-8-19-14(12)9-11-4-7-20-15(11)13/h9-10H,1-8H2,(H,17,18). The Morgan fingerprint density at radius 3 is 2.95 bits per heavy atom. The molecule has 1 saturated carbocycles. The zero-order chi connectivity index (χ0) is 13.5. The lowest BCUT2D eigenvalue weighted by Crippen LogP contribution is -2.27. The number of ether oxygens (including phenoxy) is 2. The highest BCUT2D eigenvalue weighted by Crippen LogP contribution is 2.40. The molecule has 3 aliphatic rings. The van der Waals surface area contributed by atoms with Crippen LogP contribution in [0.25, 0.3) is 0 Å². The Morgan fingerprint density at radius 1 is 1.25 bits per heavy atom. The Bertz CT molecular complexity index is 531. The highest BCUT2D eigenvalue weighted by molar-refractivity contribution is 5.80. The largest absolute Gasteiger partial charge is 0.493 e. The quantitative estimate of drug-likeness (QED) is 0.907. The summed E-state index contributed by atoms with van der Waals surface area (Å²) in [5, 5.41) is 3.04. The maximum atomic E-state index is 11.7. The summed E-state index contributed by atoms with van der Waals surface area (Å²) in [7, 11) is 0. The number of hydrogen-bond acceptors (Lipinski definition) is 3. The first-order valence-electron chi connectivity index (χ1n) is 7.54. The Hall–Kier alpha value is -1.71. The van der Waals surface area contributed by atoms with Crippen LogP contribution in [0.15, 0.2) is 6.07 Å². The van der Waals surface area contributed by atoms with E-state index in [9.17, 15) is 4.79 Å². The van der Waals surface area contributed by atoms with Gasteiger partial charge in [0.25, 0.3) is 0 Å². The molecule has 1 aliphatic carbocycles. The average Bonchev–Trinajstić information content (AvgIpc) is 3.02. The maximum absolute atomic E-state index is 11.7. The highest BCUT2D eigenvalue weighted by Gasteiger charge is 2.30. The summed E-state index contributed by atoms with van der Waals surface area (Å²) in [5.41, 5.74) is 3.80. The summed E-state index contributed by atoms with van der Waals surface area (Å²) in [6, 6.07) is 2.14. The van der Waals surface area contributed by atoms with E-state index in [4.69, 9.17) is 9.47 Å². The van der Waals surface area contributed by atoms with Crippen molar-refractivity contribution in [3.8, 4) is 11.5 Å². The molecule has 4 heteroatoms. The van der Waals surface area contributed by atoms with Crippen molar-refractivity contribution in [1.82, 2.24) is 5.32 Å². The normalized spacial score (nSPS) is 19.0. The zero-order valence-electron chi connectivity index (χ0n) is 11.5. The van der Waals surface area contributed by atoms with Crippen LogP contribution in [0.2, 0.25) is 0 Å². The molecule has 0 unspecified atom stereocenters. The second-order valence-corrected chi connectivity index (χ2v) is 5.83. The fourth-order valence-electron chi connectivity index (χ4n) is 3.15. The third kappa shape index (κ3) is 2.03. The van der Waals surface area contributed by atoms with Crippen LogP contribution in [-0.4, -0.2) is 25.7 Å². The Kier molecular flexibility index (Phi) is 2.83. The van der Waals surface area contributed by atoms with Gasteiger partial charge in [-0.3, -0.25) is 4.79 Å². The number of amides is 1. The molecule has 2 aliphatic heterocycles. The third-order valence-corrected chi connectivity index (χ3v) is 4.38. The smallest absolute Gasteiger partial charge is 0.223 e. The van der Waals surface area contributed by atoms with Crippen LogP contribution in [0, 0.1) is 5.92 Å². The van der Waals surface area contributed by atoms with Gasteiger partial charge in [0.2, 0.25) is 5.91 Å². The van der Waals surface area contributed by atoms with E-state index >= 15 is 0 Å². The number of carbonyl (C=O) groups is 1. The molecule has 1 aromatic carbocycles. The Labute approximate surface area is 118 Å². The van der Waals surface area contributed by atoms with Gasteiger partial charge in [0.05, 0.1) is 13.2 Å². The molecule has 0 aromatic heterocycles. The number of fused-ring (bicyclic) bond motifs is 2. The van der Waals surface area contributed by atoms with Gasteiger partial charge < -0.3 is 14.8 Å². The first-order valence-corrected chi connectivity index (χ1v) is 7.54. The van der Waals surface area contributed by atoms with Gasteiger partial charge in [-0.05, 0) is 25.3 Å². The number of benzene rings is 1. The maximum Gasteiger partial charge on any atom is 0.223 e. The molecular weight excluding hydrogens is 254 g/mol. The van der Waals surface area contributed by atoms with Crippen molar-refractivity contribution >= 4 is 5.91 Å². The molecule has 20 heavy (non-hydrogen) atoms. The second-order valence-electron chi connectivity index (χ2n) is 5.83. The minimum atomic E-state index is 0.214. The average molecular weight is 273 g/mol. The van der Waals surface area contributed by atoms with E-state index in [1.165, 1.54) is 16.7 Å². The van der Waals surface area contributed by atoms with Crippen LogP contribution in [0.4, 0.5) is 0 Å². The van der Waals surface area contributed by atoms with Gasteiger partial charge in [-0.2, -0.15) is 0 Å². The first kappa shape index (κ1) is 12.1. The summed E-state index contributed by atoms with van der Waals surface area (Å²) >= 11 is 0. The zero-order valence-corrected chi connectivity index (χ0v) is 11.5. The van der Waals surface area contributed by atoms with Gasteiger partial charge in [0, 0.05) is 42.0 Å². The molecule has 0 bridgehead atoms. The minimum Gasteiger partial charge on any atom is -0.493 e. The van der Waals surface area contributed by atoms with Crippen molar-refractivity contribution in [3.63, 3.8) is 0 Å². The van der Waals surface area contributed by atoms with Crippen molar-refractivity contribution < 1.29 is 14.3 Å². The highest BCUT2D eigenvalue weighted by atomic mass is 16.5. The number of carbonyl (C=O) groups excluding carboxylic acids is 1. The van der Waals surface area contributed by atoms with E-state index in [2.05, 4.69) is 11.4 Å². The van der Waals surface area contributed by atoms with Crippen LogP contribution in [0.3, 0.4) is 0 Å². The fourth-order valence-corrected chi connectivity index (χ4v) is 3.15. The fraction of sp³-hybridized carbons (Fsp3) is 0.562. The molecule has 2 heterocycles. The van der Waals surface area contributed by atoms with Crippen LogP contribution in [0.1, 0.15) is 29.5 Å². The van der Waals surface area contributed by atoms with E-state index in [1.807, 2.05) is 0 Å². The molecule has 4 rings (SSSR count). The molecular formula is C16H19NO3. The van der Waals surface area contributed by atoms with E-state index in [-0.39, 0.29) is 11.8 Å². The molecule has 0 atom stereocenters. The predicted octanol–water partition coefficient (Wildman–Crippen LogP) is 1.63. The lowest BCUT2D eigenvalue weighted by Gasteiger charge is -2.13. The van der Waals surface area contributed by atoms with Gasteiger partial charge in [-0.1, -0.05) is 0 Å². The Morgan fingerprint density at radius 2 is 2.10 bits per heavy atom. The van der Waals surface area contributed by atoms with Crippen molar-refractivity contribution in [3.05, 3.63) is 22.8 Å². The van der Waals surface area contributed by atoms with Crippen molar-refractivity contribution in [2.75, 3.05) is 19.8 Å². The summed E-state index contributed by atoms with van der Waals surface area (Å²) in [6.07, 6.45) is 4.87.